The summed E-state index contributed by atoms with van der Waals surface area (Å²) in [5, 5.41) is 22.7. The van der Waals surface area contributed by atoms with Gasteiger partial charge < -0.3 is 15.5 Å². The summed E-state index contributed by atoms with van der Waals surface area (Å²) in [7, 11) is 0. The molecule has 2 aromatic rings. The topological polar surface area (TPSA) is 52.5 Å². The highest BCUT2D eigenvalue weighted by atomic mass is 16.3. The first-order valence-electron chi connectivity index (χ1n) is 6.75. The molecule has 0 aromatic heterocycles. The summed E-state index contributed by atoms with van der Waals surface area (Å²) in [4.78, 5) is 0. The summed E-state index contributed by atoms with van der Waals surface area (Å²) in [5.74, 6) is 0.253. The Bertz CT molecular complexity index is 529. The maximum atomic E-state index is 9.90. The van der Waals surface area contributed by atoms with Crippen molar-refractivity contribution >= 4 is 0 Å². The molecule has 0 aliphatic carbocycles. The van der Waals surface area contributed by atoms with Crippen LogP contribution in [0.25, 0.3) is 0 Å². The van der Waals surface area contributed by atoms with E-state index in [1.807, 2.05) is 30.3 Å². The Morgan fingerprint density at radius 1 is 0.950 bits per heavy atom. The van der Waals surface area contributed by atoms with Crippen molar-refractivity contribution < 1.29 is 10.2 Å². The SMILES string of the molecule is CC(C)(O)CNC(c1ccccc1)c1ccc(O)cc1. The van der Waals surface area contributed by atoms with Crippen molar-refractivity contribution in [1.82, 2.24) is 5.32 Å². The number of phenols is 1. The van der Waals surface area contributed by atoms with E-state index in [1.165, 1.54) is 0 Å². The van der Waals surface area contributed by atoms with E-state index >= 15 is 0 Å². The minimum atomic E-state index is -0.774. The Kier molecular flexibility index (Phi) is 4.42. The van der Waals surface area contributed by atoms with Gasteiger partial charge in [0, 0.05) is 6.54 Å². The molecule has 0 heterocycles. The summed E-state index contributed by atoms with van der Waals surface area (Å²) in [6.45, 7) is 4.03. The lowest BCUT2D eigenvalue weighted by Gasteiger charge is -2.25. The average molecular weight is 271 g/mol. The molecule has 0 bridgehead atoms. The van der Waals surface area contributed by atoms with Crippen molar-refractivity contribution in [1.29, 1.82) is 0 Å². The molecule has 2 rings (SSSR count). The summed E-state index contributed by atoms with van der Waals surface area (Å²) in [6, 6.07) is 17.2. The number of aromatic hydroxyl groups is 1. The van der Waals surface area contributed by atoms with Crippen molar-refractivity contribution in [2.75, 3.05) is 6.54 Å². The van der Waals surface area contributed by atoms with Crippen LogP contribution in [0.4, 0.5) is 0 Å². The molecule has 1 atom stereocenters. The lowest BCUT2D eigenvalue weighted by atomic mass is 9.97. The van der Waals surface area contributed by atoms with Crippen molar-refractivity contribution in [2.24, 2.45) is 0 Å². The Balaban J connectivity index is 2.27. The zero-order valence-electron chi connectivity index (χ0n) is 11.9. The molecule has 0 spiro atoms. The maximum Gasteiger partial charge on any atom is 0.115 e. The average Bonchev–Trinajstić information content (AvgIpc) is 2.41. The fourth-order valence-corrected chi connectivity index (χ4v) is 2.09. The zero-order valence-corrected chi connectivity index (χ0v) is 11.9. The third-order valence-electron chi connectivity index (χ3n) is 3.10. The molecule has 0 amide bonds. The molecule has 0 saturated heterocycles. The molecule has 3 N–H and O–H groups in total. The van der Waals surface area contributed by atoms with E-state index in [9.17, 15) is 10.2 Å². The van der Waals surface area contributed by atoms with E-state index < -0.39 is 5.60 Å². The molecule has 20 heavy (non-hydrogen) atoms. The van der Waals surface area contributed by atoms with Crippen LogP contribution in [0.3, 0.4) is 0 Å². The van der Waals surface area contributed by atoms with E-state index in [4.69, 9.17) is 0 Å². The molecule has 0 saturated carbocycles. The van der Waals surface area contributed by atoms with Crippen LogP contribution < -0.4 is 5.32 Å². The minimum Gasteiger partial charge on any atom is -0.508 e. The van der Waals surface area contributed by atoms with E-state index in [0.29, 0.717) is 6.54 Å². The number of aliphatic hydroxyl groups is 1. The molecule has 106 valence electrons. The molecular formula is C17H21NO2. The van der Waals surface area contributed by atoms with Gasteiger partial charge in [-0.1, -0.05) is 42.5 Å². The number of phenolic OH excluding ortho intramolecular Hbond substituents is 1. The highest BCUT2D eigenvalue weighted by Gasteiger charge is 2.18. The van der Waals surface area contributed by atoms with Gasteiger partial charge in [0.1, 0.15) is 5.75 Å². The summed E-state index contributed by atoms with van der Waals surface area (Å²) >= 11 is 0. The summed E-state index contributed by atoms with van der Waals surface area (Å²) < 4.78 is 0. The van der Waals surface area contributed by atoms with Crippen LogP contribution >= 0.6 is 0 Å². The number of hydrogen-bond acceptors (Lipinski definition) is 3. The van der Waals surface area contributed by atoms with Crippen LogP contribution in [-0.2, 0) is 0 Å². The largest absolute Gasteiger partial charge is 0.508 e. The quantitative estimate of drug-likeness (QED) is 0.784. The molecule has 0 aliphatic rings. The maximum absolute atomic E-state index is 9.90. The Hall–Kier alpha value is -1.84. The van der Waals surface area contributed by atoms with Crippen molar-refractivity contribution in [3.63, 3.8) is 0 Å². The van der Waals surface area contributed by atoms with Crippen molar-refractivity contribution in [3.8, 4) is 5.75 Å². The van der Waals surface area contributed by atoms with E-state index in [-0.39, 0.29) is 11.8 Å². The minimum absolute atomic E-state index is 0.0109. The predicted molar refractivity (Wildman–Crippen MR) is 80.7 cm³/mol. The van der Waals surface area contributed by atoms with Gasteiger partial charge in [-0.05, 0) is 37.1 Å². The number of rotatable bonds is 5. The van der Waals surface area contributed by atoms with E-state index in [2.05, 4.69) is 17.4 Å². The lowest BCUT2D eigenvalue weighted by molar-refractivity contribution is 0.0777. The second-order valence-corrected chi connectivity index (χ2v) is 5.63. The molecule has 0 fully saturated rings. The van der Waals surface area contributed by atoms with E-state index in [1.54, 1.807) is 26.0 Å². The molecule has 0 aliphatic heterocycles. The predicted octanol–water partition coefficient (Wildman–Crippen LogP) is 2.84. The molecular weight excluding hydrogens is 250 g/mol. The molecule has 3 nitrogen and oxygen atoms in total. The monoisotopic (exact) mass is 271 g/mol. The summed E-state index contributed by atoms with van der Waals surface area (Å²) in [5.41, 5.74) is 1.41. The van der Waals surface area contributed by atoms with Gasteiger partial charge in [0.25, 0.3) is 0 Å². The van der Waals surface area contributed by atoms with Crippen LogP contribution in [0.15, 0.2) is 54.6 Å². The standard InChI is InChI=1S/C17H21NO2/c1-17(2,20)12-18-16(13-6-4-3-5-7-13)14-8-10-15(19)11-9-14/h3-11,16,18-20H,12H2,1-2H3. The fraction of sp³-hybridized carbons (Fsp3) is 0.294. The van der Waals surface area contributed by atoms with Gasteiger partial charge in [-0.3, -0.25) is 0 Å². The van der Waals surface area contributed by atoms with E-state index in [0.717, 1.165) is 11.1 Å². The third-order valence-corrected chi connectivity index (χ3v) is 3.10. The van der Waals surface area contributed by atoms with Gasteiger partial charge in [0.05, 0.1) is 11.6 Å². The van der Waals surface area contributed by atoms with Crippen LogP contribution in [0.2, 0.25) is 0 Å². The molecule has 0 radical (unpaired) electrons. The fourth-order valence-electron chi connectivity index (χ4n) is 2.09. The Labute approximate surface area is 119 Å². The first kappa shape index (κ1) is 14.6. The highest BCUT2D eigenvalue weighted by molar-refractivity contribution is 5.35. The second kappa shape index (κ2) is 6.07. The van der Waals surface area contributed by atoms with Crippen LogP contribution in [-0.4, -0.2) is 22.4 Å². The van der Waals surface area contributed by atoms with Crippen LogP contribution in [0.1, 0.15) is 31.0 Å². The normalized spacial score (nSPS) is 13.2. The van der Waals surface area contributed by atoms with Crippen LogP contribution in [0, 0.1) is 0 Å². The molecule has 3 heteroatoms. The van der Waals surface area contributed by atoms with Gasteiger partial charge in [-0.2, -0.15) is 0 Å². The lowest BCUT2D eigenvalue weighted by Crippen LogP contribution is -2.37. The van der Waals surface area contributed by atoms with Gasteiger partial charge in [0.15, 0.2) is 0 Å². The Morgan fingerprint density at radius 3 is 2.05 bits per heavy atom. The van der Waals surface area contributed by atoms with Crippen LogP contribution in [0.5, 0.6) is 5.75 Å². The van der Waals surface area contributed by atoms with Gasteiger partial charge in [-0.15, -0.1) is 0 Å². The number of nitrogens with one attached hydrogen (secondary N) is 1. The van der Waals surface area contributed by atoms with Gasteiger partial charge >= 0.3 is 0 Å². The summed E-state index contributed by atoms with van der Waals surface area (Å²) in [6.07, 6.45) is 0. The highest BCUT2D eigenvalue weighted by Crippen LogP contribution is 2.24. The van der Waals surface area contributed by atoms with Crippen molar-refractivity contribution in [2.45, 2.75) is 25.5 Å². The second-order valence-electron chi connectivity index (χ2n) is 5.63. The third kappa shape index (κ3) is 4.08. The molecule has 2 aromatic carbocycles. The van der Waals surface area contributed by atoms with Gasteiger partial charge in [-0.25, -0.2) is 0 Å². The van der Waals surface area contributed by atoms with Crippen molar-refractivity contribution in [3.05, 3.63) is 65.7 Å². The zero-order chi connectivity index (χ0) is 14.6. The van der Waals surface area contributed by atoms with Gasteiger partial charge in [0.2, 0.25) is 0 Å². The molecule has 1 unspecified atom stereocenters. The first-order chi connectivity index (χ1) is 9.46. The first-order valence-corrected chi connectivity index (χ1v) is 6.75. The Morgan fingerprint density at radius 2 is 1.50 bits per heavy atom. The smallest absolute Gasteiger partial charge is 0.115 e. The number of benzene rings is 2. The number of hydrogen-bond donors (Lipinski definition) is 3.